The van der Waals surface area contributed by atoms with Crippen molar-refractivity contribution in [3.8, 4) is 12.3 Å². The quantitative estimate of drug-likeness (QED) is 0.656. The normalized spacial score (nSPS) is 37.0. The van der Waals surface area contributed by atoms with Crippen molar-refractivity contribution in [2.24, 2.45) is 0 Å². The molecule has 1 N–H and O–H groups in total. The van der Waals surface area contributed by atoms with Gasteiger partial charge >= 0.3 is 0 Å². The topological polar surface area (TPSA) is 47.9 Å². The van der Waals surface area contributed by atoms with Gasteiger partial charge in [-0.25, -0.2) is 0 Å². The third kappa shape index (κ3) is 2.25. The Hall–Kier alpha value is -0.600. The molecule has 4 atom stereocenters. The molecule has 1 heterocycles. The molecule has 1 saturated heterocycles. The van der Waals surface area contributed by atoms with Crippen LogP contribution in [0.1, 0.15) is 13.3 Å². The van der Waals surface area contributed by atoms with Gasteiger partial charge in [0.15, 0.2) is 6.29 Å². The third-order valence-electron chi connectivity index (χ3n) is 2.29. The van der Waals surface area contributed by atoms with Crippen LogP contribution in [0.25, 0.3) is 0 Å². The van der Waals surface area contributed by atoms with Gasteiger partial charge in [0.2, 0.25) is 0 Å². The summed E-state index contributed by atoms with van der Waals surface area (Å²) in [5, 5.41) is 9.78. The highest BCUT2D eigenvalue weighted by Crippen LogP contribution is 2.26. The molecule has 0 aromatic carbocycles. The molecule has 0 amide bonds. The molecule has 0 saturated carbocycles. The standard InChI is InChI=1S/C10H16O4/c1-4-6-13-9-8(11)7(5-2)14-10(9)12-3/h1,7-11H,5-6H2,2-3H3/t7?,8-,9-,10-/m1/s1. The first kappa shape index (κ1) is 11.5. The van der Waals surface area contributed by atoms with E-state index in [-0.39, 0.29) is 12.7 Å². The molecule has 80 valence electrons. The van der Waals surface area contributed by atoms with E-state index < -0.39 is 18.5 Å². The average molecular weight is 200 g/mol. The number of ether oxygens (including phenoxy) is 3. The molecule has 14 heavy (non-hydrogen) atoms. The van der Waals surface area contributed by atoms with E-state index in [4.69, 9.17) is 20.6 Å². The van der Waals surface area contributed by atoms with E-state index in [1.54, 1.807) is 0 Å². The molecule has 4 nitrogen and oxygen atoms in total. The predicted molar refractivity (Wildman–Crippen MR) is 50.5 cm³/mol. The molecule has 1 rings (SSSR count). The Morgan fingerprint density at radius 1 is 1.57 bits per heavy atom. The lowest BCUT2D eigenvalue weighted by Crippen LogP contribution is -2.36. The summed E-state index contributed by atoms with van der Waals surface area (Å²) in [6.45, 7) is 2.09. The van der Waals surface area contributed by atoms with Gasteiger partial charge in [0.05, 0.1) is 6.10 Å². The number of terminal acetylenes is 1. The van der Waals surface area contributed by atoms with Gasteiger partial charge < -0.3 is 19.3 Å². The fourth-order valence-corrected chi connectivity index (χ4v) is 1.55. The minimum Gasteiger partial charge on any atom is -0.387 e. The van der Waals surface area contributed by atoms with E-state index in [1.165, 1.54) is 7.11 Å². The highest BCUT2D eigenvalue weighted by Gasteiger charge is 2.43. The van der Waals surface area contributed by atoms with Gasteiger partial charge in [0.25, 0.3) is 0 Å². The summed E-state index contributed by atoms with van der Waals surface area (Å²) in [6, 6.07) is 0. The van der Waals surface area contributed by atoms with Crippen molar-refractivity contribution < 1.29 is 19.3 Å². The zero-order chi connectivity index (χ0) is 10.6. The van der Waals surface area contributed by atoms with E-state index in [9.17, 15) is 5.11 Å². The van der Waals surface area contributed by atoms with Crippen LogP contribution in [-0.4, -0.2) is 43.4 Å². The van der Waals surface area contributed by atoms with Crippen molar-refractivity contribution in [2.45, 2.75) is 37.9 Å². The predicted octanol–water partition coefficient (Wildman–Crippen LogP) is 0.147. The summed E-state index contributed by atoms with van der Waals surface area (Å²) >= 11 is 0. The molecule has 0 spiro atoms. The summed E-state index contributed by atoms with van der Waals surface area (Å²) in [6.07, 6.45) is 3.88. The Balaban J connectivity index is 2.56. The van der Waals surface area contributed by atoms with Gasteiger partial charge in [0, 0.05) is 7.11 Å². The lowest BCUT2D eigenvalue weighted by Gasteiger charge is -2.18. The Labute approximate surface area is 84.2 Å². The van der Waals surface area contributed by atoms with Crippen LogP contribution < -0.4 is 0 Å². The van der Waals surface area contributed by atoms with Crippen LogP contribution in [0, 0.1) is 12.3 Å². The smallest absolute Gasteiger partial charge is 0.186 e. The fraction of sp³-hybridized carbons (Fsp3) is 0.800. The Morgan fingerprint density at radius 2 is 2.29 bits per heavy atom. The fourth-order valence-electron chi connectivity index (χ4n) is 1.55. The van der Waals surface area contributed by atoms with Gasteiger partial charge in [-0.05, 0) is 6.42 Å². The highest BCUT2D eigenvalue weighted by molar-refractivity contribution is 4.90. The molecule has 0 aliphatic carbocycles. The van der Waals surface area contributed by atoms with Crippen molar-refractivity contribution in [3.05, 3.63) is 0 Å². The first-order valence-corrected chi connectivity index (χ1v) is 4.66. The Bertz CT molecular complexity index is 209. The maximum absolute atomic E-state index is 9.78. The number of hydrogen-bond donors (Lipinski definition) is 1. The minimum atomic E-state index is -0.668. The molecule has 0 bridgehead atoms. The van der Waals surface area contributed by atoms with Crippen LogP contribution in [0.5, 0.6) is 0 Å². The first-order valence-electron chi connectivity index (χ1n) is 4.66. The maximum atomic E-state index is 9.78. The van der Waals surface area contributed by atoms with Crippen LogP contribution in [-0.2, 0) is 14.2 Å². The van der Waals surface area contributed by atoms with Crippen LogP contribution in [0.2, 0.25) is 0 Å². The van der Waals surface area contributed by atoms with Crippen LogP contribution >= 0.6 is 0 Å². The molecular weight excluding hydrogens is 184 g/mol. The number of aliphatic hydroxyl groups is 1. The number of hydrogen-bond acceptors (Lipinski definition) is 4. The number of rotatable bonds is 4. The molecule has 1 unspecified atom stereocenters. The van der Waals surface area contributed by atoms with E-state index >= 15 is 0 Å². The summed E-state index contributed by atoms with van der Waals surface area (Å²) in [5.74, 6) is 2.35. The van der Waals surface area contributed by atoms with Gasteiger partial charge in [-0.3, -0.25) is 0 Å². The summed E-state index contributed by atoms with van der Waals surface area (Å²) in [5.41, 5.74) is 0. The number of methoxy groups -OCH3 is 1. The second-order valence-electron chi connectivity index (χ2n) is 3.16. The third-order valence-corrected chi connectivity index (χ3v) is 2.29. The molecule has 0 radical (unpaired) electrons. The Kier molecular flexibility index (Phi) is 4.36. The highest BCUT2D eigenvalue weighted by atomic mass is 16.7. The monoisotopic (exact) mass is 200 g/mol. The van der Waals surface area contributed by atoms with Gasteiger partial charge in [0.1, 0.15) is 18.8 Å². The zero-order valence-corrected chi connectivity index (χ0v) is 8.47. The summed E-state index contributed by atoms with van der Waals surface area (Å²) < 4.78 is 15.7. The van der Waals surface area contributed by atoms with Crippen molar-refractivity contribution in [1.29, 1.82) is 0 Å². The molecule has 0 aromatic heterocycles. The second-order valence-corrected chi connectivity index (χ2v) is 3.16. The van der Waals surface area contributed by atoms with Crippen LogP contribution in [0.3, 0.4) is 0 Å². The van der Waals surface area contributed by atoms with Crippen LogP contribution in [0.15, 0.2) is 0 Å². The SMILES string of the molecule is C#CCO[C@H]1[C@H](OC)OC(CC)[C@H]1O. The molecule has 1 aliphatic heterocycles. The van der Waals surface area contributed by atoms with Crippen LogP contribution in [0.4, 0.5) is 0 Å². The minimum absolute atomic E-state index is 0.154. The van der Waals surface area contributed by atoms with Crippen molar-refractivity contribution in [1.82, 2.24) is 0 Å². The largest absolute Gasteiger partial charge is 0.387 e. The second kappa shape index (κ2) is 5.32. The van der Waals surface area contributed by atoms with E-state index in [1.807, 2.05) is 6.92 Å². The first-order chi connectivity index (χ1) is 6.74. The number of aliphatic hydroxyl groups excluding tert-OH is 1. The maximum Gasteiger partial charge on any atom is 0.186 e. The van der Waals surface area contributed by atoms with Gasteiger partial charge in [-0.2, -0.15) is 0 Å². The average Bonchev–Trinajstić information content (AvgIpc) is 2.52. The van der Waals surface area contributed by atoms with Gasteiger partial charge in [-0.15, -0.1) is 6.42 Å². The molecular formula is C10H16O4. The van der Waals surface area contributed by atoms with Crippen molar-refractivity contribution in [2.75, 3.05) is 13.7 Å². The summed E-state index contributed by atoms with van der Waals surface area (Å²) in [4.78, 5) is 0. The molecule has 1 aliphatic rings. The zero-order valence-electron chi connectivity index (χ0n) is 8.47. The van der Waals surface area contributed by atoms with Crippen molar-refractivity contribution in [3.63, 3.8) is 0 Å². The lowest BCUT2D eigenvalue weighted by atomic mass is 10.1. The lowest BCUT2D eigenvalue weighted by molar-refractivity contribution is -0.159. The van der Waals surface area contributed by atoms with Crippen molar-refractivity contribution >= 4 is 0 Å². The molecule has 0 aromatic rings. The summed E-state index contributed by atoms with van der Waals surface area (Å²) in [7, 11) is 1.52. The van der Waals surface area contributed by atoms with E-state index in [2.05, 4.69) is 5.92 Å². The van der Waals surface area contributed by atoms with E-state index in [0.29, 0.717) is 0 Å². The van der Waals surface area contributed by atoms with E-state index in [0.717, 1.165) is 6.42 Å². The molecule has 1 fully saturated rings. The van der Waals surface area contributed by atoms with Gasteiger partial charge in [-0.1, -0.05) is 12.8 Å². The Morgan fingerprint density at radius 3 is 2.79 bits per heavy atom. The molecule has 4 heteroatoms.